The first-order valence-corrected chi connectivity index (χ1v) is 10.3. The van der Waals surface area contributed by atoms with Gasteiger partial charge in [-0.2, -0.15) is 13.2 Å². The minimum absolute atomic E-state index is 0.0162. The minimum atomic E-state index is -4.49. The molecule has 4 nitrogen and oxygen atoms in total. The monoisotopic (exact) mass is 481 g/mol. The highest BCUT2D eigenvalue weighted by atomic mass is 35.5. The van der Waals surface area contributed by atoms with E-state index in [1.807, 2.05) is 0 Å². The molecular weight excluding hydrogens is 470 g/mol. The highest BCUT2D eigenvalue weighted by molar-refractivity contribution is 8.18. The molecule has 0 atom stereocenters. The Bertz CT molecular complexity index is 1230. The fourth-order valence-corrected chi connectivity index (χ4v) is 4.08. The van der Waals surface area contributed by atoms with Gasteiger partial charge in [-0.1, -0.05) is 29.8 Å². The number of rotatable bonds is 4. The molecule has 1 fully saturated rings. The average Bonchev–Trinajstić information content (AvgIpc) is 3.30. The lowest BCUT2D eigenvalue weighted by Crippen LogP contribution is -2.28. The molecule has 1 aliphatic heterocycles. The van der Waals surface area contributed by atoms with Crippen LogP contribution >= 0.6 is 23.4 Å². The summed E-state index contributed by atoms with van der Waals surface area (Å²) in [4.78, 5) is 25.9. The summed E-state index contributed by atoms with van der Waals surface area (Å²) in [6, 6.07) is 11.6. The number of hydrogen-bond acceptors (Lipinski definition) is 4. The highest BCUT2D eigenvalue weighted by Gasteiger charge is 2.36. The predicted octanol–water partition coefficient (Wildman–Crippen LogP) is 6.99. The first kappa shape index (κ1) is 22.2. The summed E-state index contributed by atoms with van der Waals surface area (Å²) in [6.45, 7) is -0.332. The smallest absolute Gasteiger partial charge is 0.416 e. The third-order valence-corrected chi connectivity index (χ3v) is 5.89. The Kier molecular flexibility index (Phi) is 5.87. The minimum Gasteiger partial charge on any atom is -0.457 e. The van der Waals surface area contributed by atoms with Gasteiger partial charge in [0.1, 0.15) is 17.3 Å². The van der Waals surface area contributed by atoms with E-state index in [-0.39, 0.29) is 39.1 Å². The lowest BCUT2D eigenvalue weighted by atomic mass is 10.1. The average molecular weight is 482 g/mol. The maximum absolute atomic E-state index is 14.0. The maximum atomic E-state index is 14.0. The number of amides is 2. The summed E-state index contributed by atoms with van der Waals surface area (Å²) < 4.78 is 58.4. The van der Waals surface area contributed by atoms with E-state index in [1.165, 1.54) is 48.5 Å². The quantitative estimate of drug-likeness (QED) is 0.297. The van der Waals surface area contributed by atoms with E-state index in [0.29, 0.717) is 11.8 Å². The Morgan fingerprint density at radius 1 is 1.06 bits per heavy atom. The molecule has 164 valence electrons. The van der Waals surface area contributed by atoms with E-state index in [4.69, 9.17) is 16.0 Å². The third kappa shape index (κ3) is 4.44. The van der Waals surface area contributed by atoms with E-state index in [1.54, 1.807) is 0 Å². The normalized spacial score (nSPS) is 15.8. The molecule has 1 aliphatic rings. The van der Waals surface area contributed by atoms with Crippen LogP contribution in [0.1, 0.15) is 16.9 Å². The molecule has 0 N–H and O–H groups in total. The van der Waals surface area contributed by atoms with Gasteiger partial charge in [0.2, 0.25) is 0 Å². The number of hydrogen-bond donors (Lipinski definition) is 0. The summed E-state index contributed by atoms with van der Waals surface area (Å²) >= 11 is 6.62. The molecule has 2 amide bonds. The van der Waals surface area contributed by atoms with Gasteiger partial charge < -0.3 is 4.42 Å². The Morgan fingerprint density at radius 3 is 2.53 bits per heavy atom. The van der Waals surface area contributed by atoms with E-state index in [9.17, 15) is 27.2 Å². The van der Waals surface area contributed by atoms with Crippen LogP contribution in [-0.2, 0) is 17.5 Å². The van der Waals surface area contributed by atoms with Crippen molar-refractivity contribution in [2.45, 2.75) is 12.7 Å². The van der Waals surface area contributed by atoms with Crippen LogP contribution in [0.2, 0.25) is 5.02 Å². The molecule has 32 heavy (non-hydrogen) atoms. The van der Waals surface area contributed by atoms with Crippen molar-refractivity contribution in [1.29, 1.82) is 0 Å². The first-order valence-electron chi connectivity index (χ1n) is 9.09. The molecule has 2 heterocycles. The number of nitrogens with zero attached hydrogens (tertiary/aromatic N) is 1. The van der Waals surface area contributed by atoms with Gasteiger partial charge in [0.05, 0.1) is 17.0 Å². The number of carbonyl (C=O) groups is 2. The van der Waals surface area contributed by atoms with Crippen molar-refractivity contribution in [3.8, 4) is 11.3 Å². The van der Waals surface area contributed by atoms with Crippen molar-refractivity contribution in [2.24, 2.45) is 0 Å². The number of furan rings is 1. The molecule has 0 saturated carbocycles. The van der Waals surface area contributed by atoms with Crippen molar-refractivity contribution < 1.29 is 31.6 Å². The second-order valence-electron chi connectivity index (χ2n) is 6.75. The summed E-state index contributed by atoms with van der Waals surface area (Å²) in [5.74, 6) is -0.958. The summed E-state index contributed by atoms with van der Waals surface area (Å²) in [5, 5.41) is -0.518. The molecule has 0 aliphatic carbocycles. The topological polar surface area (TPSA) is 50.5 Å². The van der Waals surface area contributed by atoms with Crippen LogP contribution in [0, 0.1) is 5.82 Å². The van der Waals surface area contributed by atoms with Gasteiger partial charge in [-0.05, 0) is 48.2 Å². The van der Waals surface area contributed by atoms with E-state index >= 15 is 0 Å². The summed E-state index contributed by atoms with van der Waals surface area (Å²) in [7, 11) is 0. The zero-order valence-electron chi connectivity index (χ0n) is 16.0. The second kappa shape index (κ2) is 8.48. The SMILES string of the molecule is O=C1S/C(=C\c2ccc(-c3cccc(C(F)(F)F)c3)o2)C(=O)N1Cc1c(F)cccc1Cl. The molecule has 1 saturated heterocycles. The van der Waals surface area contributed by atoms with Crippen LogP contribution < -0.4 is 0 Å². The first-order chi connectivity index (χ1) is 15.1. The Hall–Kier alpha value is -3.04. The predicted molar refractivity (Wildman–Crippen MR) is 112 cm³/mol. The Balaban J connectivity index is 1.56. The largest absolute Gasteiger partial charge is 0.457 e. The van der Waals surface area contributed by atoms with Crippen LogP contribution in [-0.4, -0.2) is 16.0 Å². The van der Waals surface area contributed by atoms with E-state index in [2.05, 4.69) is 0 Å². The van der Waals surface area contributed by atoms with Gasteiger partial charge >= 0.3 is 6.18 Å². The fraction of sp³-hybridized carbons (Fsp3) is 0.0909. The van der Waals surface area contributed by atoms with Gasteiger partial charge in [0.15, 0.2) is 0 Å². The number of benzene rings is 2. The van der Waals surface area contributed by atoms with Gasteiger partial charge in [-0.25, -0.2) is 4.39 Å². The molecule has 0 unspecified atom stereocenters. The van der Waals surface area contributed by atoms with Gasteiger partial charge in [0, 0.05) is 22.2 Å². The lowest BCUT2D eigenvalue weighted by Gasteiger charge is -2.14. The molecule has 0 spiro atoms. The number of thioether (sulfide) groups is 1. The molecule has 10 heteroatoms. The van der Waals surface area contributed by atoms with Gasteiger partial charge in [-0.3, -0.25) is 14.5 Å². The maximum Gasteiger partial charge on any atom is 0.416 e. The standard InChI is InChI=1S/C22H12ClF4NO3S/c23-16-5-2-6-17(24)15(16)11-28-20(29)19(32-21(28)30)10-14-7-8-18(31-14)12-3-1-4-13(9-12)22(25,26)27/h1-10H,11H2/b19-10-. The van der Waals surface area contributed by atoms with Crippen molar-refractivity contribution in [3.05, 3.63) is 87.2 Å². The van der Waals surface area contributed by atoms with Crippen LogP contribution in [0.15, 0.2) is 63.9 Å². The Morgan fingerprint density at radius 2 is 1.81 bits per heavy atom. The zero-order valence-corrected chi connectivity index (χ0v) is 17.5. The van der Waals surface area contributed by atoms with Crippen LogP contribution in [0.3, 0.4) is 0 Å². The molecule has 3 aromatic rings. The van der Waals surface area contributed by atoms with Crippen molar-refractivity contribution in [2.75, 3.05) is 0 Å². The molecule has 1 aromatic heterocycles. The Labute approximate surface area is 188 Å². The lowest BCUT2D eigenvalue weighted by molar-refractivity contribution is -0.137. The molecule has 0 bridgehead atoms. The molecule has 2 aromatic carbocycles. The third-order valence-electron chi connectivity index (χ3n) is 4.63. The summed E-state index contributed by atoms with van der Waals surface area (Å²) in [6.07, 6.45) is -3.18. The number of imide groups is 1. The number of alkyl halides is 3. The van der Waals surface area contributed by atoms with Crippen LogP contribution in [0.4, 0.5) is 22.4 Å². The molecule has 4 rings (SSSR count). The molecule has 0 radical (unpaired) electrons. The number of halogens is 5. The van der Waals surface area contributed by atoms with Crippen molar-refractivity contribution >= 4 is 40.6 Å². The highest BCUT2D eigenvalue weighted by Crippen LogP contribution is 2.36. The number of carbonyl (C=O) groups excluding carboxylic acids is 2. The fourth-order valence-electron chi connectivity index (χ4n) is 3.04. The molecular formula is C22H12ClF4NO3S. The van der Waals surface area contributed by atoms with Crippen LogP contribution in [0.25, 0.3) is 17.4 Å². The van der Waals surface area contributed by atoms with E-state index in [0.717, 1.165) is 17.0 Å². The van der Waals surface area contributed by atoms with E-state index < -0.39 is 28.7 Å². The van der Waals surface area contributed by atoms with Crippen molar-refractivity contribution in [1.82, 2.24) is 4.90 Å². The van der Waals surface area contributed by atoms with Crippen molar-refractivity contribution in [3.63, 3.8) is 0 Å². The van der Waals surface area contributed by atoms with Crippen LogP contribution in [0.5, 0.6) is 0 Å². The van der Waals surface area contributed by atoms with Gasteiger partial charge in [-0.15, -0.1) is 0 Å². The van der Waals surface area contributed by atoms with Gasteiger partial charge in [0.25, 0.3) is 11.1 Å². The summed E-state index contributed by atoms with van der Waals surface area (Å²) in [5.41, 5.74) is -0.592. The zero-order chi connectivity index (χ0) is 23.0. The second-order valence-corrected chi connectivity index (χ2v) is 8.15.